The lowest BCUT2D eigenvalue weighted by atomic mass is 10.1. The van der Waals surface area contributed by atoms with Gasteiger partial charge in [0.05, 0.1) is 24.1 Å². The smallest absolute Gasteiger partial charge is 0.276 e. The second kappa shape index (κ2) is 10.0. The molecule has 0 spiro atoms. The first-order chi connectivity index (χ1) is 16.9. The standard InChI is InChI=1S/C27H23N3O5/c1-28-24(17-21-10-6-7-11-23(21)30(33)34)27(32)29(18-20-8-4-3-5-9-20)25(26(28)31)16-19-12-14-22(35-2)15-13-19/h3-17H,18H2,1-2H3. The molecule has 4 rings (SSSR count). The maximum atomic E-state index is 13.7. The number of nitro benzene ring substituents is 1. The summed E-state index contributed by atoms with van der Waals surface area (Å²) in [4.78, 5) is 38.2. The number of nitrogens with zero attached hydrogens (tertiary/aromatic N) is 3. The van der Waals surface area contributed by atoms with Crippen LogP contribution in [0.2, 0.25) is 0 Å². The summed E-state index contributed by atoms with van der Waals surface area (Å²) in [6, 6.07) is 22.5. The predicted octanol–water partition coefficient (Wildman–Crippen LogP) is 2.17. The summed E-state index contributed by atoms with van der Waals surface area (Å²) in [7, 11) is 3.06. The van der Waals surface area contributed by atoms with Gasteiger partial charge in [-0.1, -0.05) is 54.6 Å². The summed E-state index contributed by atoms with van der Waals surface area (Å²) in [5.41, 5.74) is 0.809. The molecule has 1 aromatic heterocycles. The van der Waals surface area contributed by atoms with Crippen LogP contribution in [0.5, 0.6) is 5.75 Å². The van der Waals surface area contributed by atoms with Crippen LogP contribution in [0, 0.1) is 10.1 Å². The molecule has 176 valence electrons. The number of methoxy groups -OCH3 is 1. The van der Waals surface area contributed by atoms with Gasteiger partial charge in [-0.05, 0) is 41.5 Å². The van der Waals surface area contributed by atoms with Gasteiger partial charge in [-0.25, -0.2) is 0 Å². The molecule has 0 saturated heterocycles. The molecular weight excluding hydrogens is 446 g/mol. The Labute approximate surface area is 200 Å². The Kier molecular flexibility index (Phi) is 6.73. The van der Waals surface area contributed by atoms with Gasteiger partial charge < -0.3 is 9.30 Å². The highest BCUT2D eigenvalue weighted by molar-refractivity contribution is 5.60. The number of ether oxygens (including phenoxy) is 1. The Morgan fingerprint density at radius 2 is 1.51 bits per heavy atom. The molecule has 3 aromatic carbocycles. The molecular formula is C27H23N3O5. The Hall–Kier alpha value is -4.72. The minimum Gasteiger partial charge on any atom is -0.497 e. The van der Waals surface area contributed by atoms with E-state index in [9.17, 15) is 19.7 Å². The molecule has 0 N–H and O–H groups in total. The summed E-state index contributed by atoms with van der Waals surface area (Å²) in [5.74, 6) is 0.672. The summed E-state index contributed by atoms with van der Waals surface area (Å²) >= 11 is 0. The Balaban J connectivity index is 2.03. The fourth-order valence-electron chi connectivity index (χ4n) is 3.79. The van der Waals surface area contributed by atoms with Crippen LogP contribution in [-0.2, 0) is 13.6 Å². The van der Waals surface area contributed by atoms with Crippen LogP contribution >= 0.6 is 0 Å². The van der Waals surface area contributed by atoms with Crippen molar-refractivity contribution < 1.29 is 9.66 Å². The zero-order valence-corrected chi connectivity index (χ0v) is 19.3. The van der Waals surface area contributed by atoms with E-state index in [1.807, 2.05) is 30.3 Å². The Morgan fingerprint density at radius 3 is 2.17 bits per heavy atom. The van der Waals surface area contributed by atoms with Crippen molar-refractivity contribution in [1.82, 2.24) is 9.13 Å². The maximum absolute atomic E-state index is 13.7. The van der Waals surface area contributed by atoms with Crippen molar-refractivity contribution in [3.63, 3.8) is 0 Å². The van der Waals surface area contributed by atoms with Crippen LogP contribution in [0.25, 0.3) is 12.2 Å². The van der Waals surface area contributed by atoms with Gasteiger partial charge in [0.2, 0.25) is 0 Å². The largest absolute Gasteiger partial charge is 0.497 e. The lowest BCUT2D eigenvalue weighted by Gasteiger charge is -2.11. The van der Waals surface area contributed by atoms with Crippen LogP contribution in [0.1, 0.15) is 16.7 Å². The fraction of sp³-hybridized carbons (Fsp3) is 0.111. The first kappa shape index (κ1) is 23.4. The summed E-state index contributed by atoms with van der Waals surface area (Å²) in [6.45, 7) is 0.162. The number of benzene rings is 3. The van der Waals surface area contributed by atoms with E-state index in [4.69, 9.17) is 4.74 Å². The highest BCUT2D eigenvalue weighted by Crippen LogP contribution is 2.17. The van der Waals surface area contributed by atoms with Crippen molar-refractivity contribution in [2.24, 2.45) is 7.05 Å². The van der Waals surface area contributed by atoms with E-state index in [-0.39, 0.29) is 28.5 Å². The van der Waals surface area contributed by atoms with Gasteiger partial charge in [0.25, 0.3) is 16.8 Å². The van der Waals surface area contributed by atoms with Gasteiger partial charge in [-0.3, -0.25) is 24.3 Å². The number of aromatic nitrogens is 2. The molecule has 0 saturated carbocycles. The molecule has 0 bridgehead atoms. The summed E-state index contributed by atoms with van der Waals surface area (Å²) in [5, 5.41) is 11.7. The topological polar surface area (TPSA) is 96.4 Å². The molecule has 0 aliphatic heterocycles. The zero-order valence-electron chi connectivity index (χ0n) is 19.3. The first-order valence-electron chi connectivity index (χ1n) is 10.8. The molecule has 0 radical (unpaired) electrons. The van der Waals surface area contributed by atoms with Crippen molar-refractivity contribution in [1.29, 1.82) is 0 Å². The van der Waals surface area contributed by atoms with E-state index < -0.39 is 16.0 Å². The molecule has 8 heteroatoms. The second-order valence-corrected chi connectivity index (χ2v) is 7.89. The molecule has 0 unspecified atom stereocenters. The van der Waals surface area contributed by atoms with Crippen LogP contribution in [0.15, 0.2) is 88.5 Å². The number of hydrogen-bond donors (Lipinski definition) is 0. The van der Waals surface area contributed by atoms with Gasteiger partial charge in [-0.15, -0.1) is 0 Å². The molecule has 4 aromatic rings. The Bertz CT molecular complexity index is 1620. The molecule has 0 aliphatic carbocycles. The van der Waals surface area contributed by atoms with E-state index >= 15 is 0 Å². The van der Waals surface area contributed by atoms with E-state index in [0.717, 1.165) is 11.1 Å². The van der Waals surface area contributed by atoms with Gasteiger partial charge in [0.1, 0.15) is 16.4 Å². The molecule has 8 nitrogen and oxygen atoms in total. The minimum atomic E-state index is -0.516. The lowest BCUT2D eigenvalue weighted by Crippen LogP contribution is -2.57. The molecule has 0 aliphatic rings. The van der Waals surface area contributed by atoms with Gasteiger partial charge in [0, 0.05) is 13.1 Å². The van der Waals surface area contributed by atoms with Crippen LogP contribution in [0.3, 0.4) is 0 Å². The molecule has 1 heterocycles. The van der Waals surface area contributed by atoms with Crippen molar-refractivity contribution in [3.05, 3.63) is 137 Å². The fourth-order valence-corrected chi connectivity index (χ4v) is 3.79. The monoisotopic (exact) mass is 469 g/mol. The predicted molar refractivity (Wildman–Crippen MR) is 134 cm³/mol. The average Bonchev–Trinajstić information content (AvgIpc) is 2.88. The van der Waals surface area contributed by atoms with Crippen LogP contribution in [-0.4, -0.2) is 21.2 Å². The van der Waals surface area contributed by atoms with E-state index in [2.05, 4.69) is 0 Å². The van der Waals surface area contributed by atoms with Crippen molar-refractivity contribution in [2.75, 3.05) is 7.11 Å². The molecule has 0 amide bonds. The quantitative estimate of drug-likeness (QED) is 0.319. The van der Waals surface area contributed by atoms with Gasteiger partial charge >= 0.3 is 0 Å². The van der Waals surface area contributed by atoms with Gasteiger partial charge in [-0.2, -0.15) is 0 Å². The maximum Gasteiger partial charge on any atom is 0.276 e. The lowest BCUT2D eigenvalue weighted by molar-refractivity contribution is -0.385. The summed E-state index contributed by atoms with van der Waals surface area (Å²) < 4.78 is 7.83. The first-order valence-corrected chi connectivity index (χ1v) is 10.8. The number of nitro groups is 1. The highest BCUT2D eigenvalue weighted by Gasteiger charge is 2.14. The zero-order chi connectivity index (χ0) is 24.9. The third kappa shape index (κ3) is 4.96. The summed E-state index contributed by atoms with van der Waals surface area (Å²) in [6.07, 6.45) is 3.04. The SMILES string of the molecule is COc1ccc(C=c2c(=O)n(C)c(=Cc3ccccc3[N+](=O)[O-])c(=O)n2Cc2ccccc2)cc1. The van der Waals surface area contributed by atoms with E-state index in [1.54, 1.807) is 55.7 Å². The number of para-hydroxylation sites is 1. The van der Waals surface area contributed by atoms with Crippen LogP contribution in [0.4, 0.5) is 5.69 Å². The van der Waals surface area contributed by atoms with E-state index in [0.29, 0.717) is 5.75 Å². The van der Waals surface area contributed by atoms with Crippen LogP contribution < -0.4 is 26.6 Å². The van der Waals surface area contributed by atoms with Gasteiger partial charge in [0.15, 0.2) is 0 Å². The second-order valence-electron chi connectivity index (χ2n) is 7.89. The van der Waals surface area contributed by atoms with E-state index in [1.165, 1.54) is 28.3 Å². The third-order valence-corrected chi connectivity index (χ3v) is 5.67. The molecule has 0 fully saturated rings. The highest BCUT2D eigenvalue weighted by atomic mass is 16.6. The minimum absolute atomic E-state index is 0.0483. The average molecular weight is 469 g/mol. The van der Waals surface area contributed by atoms with Crippen molar-refractivity contribution in [2.45, 2.75) is 6.54 Å². The number of hydrogen-bond acceptors (Lipinski definition) is 5. The van der Waals surface area contributed by atoms with Crippen molar-refractivity contribution in [3.8, 4) is 5.75 Å². The number of rotatable bonds is 6. The van der Waals surface area contributed by atoms with Crippen molar-refractivity contribution >= 4 is 17.8 Å². The Morgan fingerprint density at radius 1 is 0.857 bits per heavy atom. The molecule has 35 heavy (non-hydrogen) atoms. The molecule has 0 atom stereocenters. The third-order valence-electron chi connectivity index (χ3n) is 5.67. The normalized spacial score (nSPS) is 12.1.